The van der Waals surface area contributed by atoms with Crippen molar-refractivity contribution in [3.05, 3.63) is 65.9 Å². The van der Waals surface area contributed by atoms with E-state index in [1.54, 1.807) is 12.1 Å². The molecule has 0 atom stereocenters. The molecule has 0 amide bonds. The number of aliphatic hydroxyl groups is 1. The molecule has 5 rings (SSSR count). The van der Waals surface area contributed by atoms with Crippen LogP contribution in [0.4, 0.5) is 10.2 Å². The van der Waals surface area contributed by atoms with Gasteiger partial charge in [-0.25, -0.2) is 9.37 Å². The average molecular weight is 376 g/mol. The Hall–Kier alpha value is -3.81. The Morgan fingerprint density at radius 3 is 2.61 bits per heavy atom. The van der Waals surface area contributed by atoms with Crippen molar-refractivity contribution in [3.63, 3.8) is 0 Å². The molecule has 8 heteroatoms. The zero-order valence-corrected chi connectivity index (χ0v) is 15.0. The van der Waals surface area contributed by atoms with Crippen LogP contribution in [-0.2, 0) is 6.42 Å². The second kappa shape index (κ2) is 6.12. The molecular formula is C20H17FN6O. The highest BCUT2D eigenvalue weighted by Gasteiger charge is 2.27. The zero-order chi connectivity index (χ0) is 19.3. The average Bonchev–Trinajstić information content (AvgIpc) is 3.30. The Morgan fingerprint density at radius 1 is 1.07 bits per heavy atom. The Morgan fingerprint density at radius 2 is 1.86 bits per heavy atom. The number of halogens is 1. The fourth-order valence-corrected chi connectivity index (χ4v) is 3.42. The fourth-order valence-electron chi connectivity index (χ4n) is 3.42. The first-order valence-corrected chi connectivity index (χ1v) is 8.94. The molecule has 0 unspecified atom stereocenters. The van der Waals surface area contributed by atoms with Gasteiger partial charge in [-0.2, -0.15) is 9.78 Å². The molecule has 1 aliphatic heterocycles. The molecule has 0 saturated heterocycles. The maximum Gasteiger partial charge on any atom is 0.243 e. The number of fused-ring (bicyclic) bond motifs is 2. The lowest BCUT2D eigenvalue weighted by Crippen LogP contribution is -2.30. The number of aromatic nitrogens is 4. The van der Waals surface area contributed by atoms with Gasteiger partial charge in [0.1, 0.15) is 5.82 Å². The predicted octanol–water partition coefficient (Wildman–Crippen LogP) is 3.90. The number of benzene rings is 2. The number of H-pyrrole nitrogens is 1. The summed E-state index contributed by atoms with van der Waals surface area (Å²) in [4.78, 5) is 7.70. The lowest BCUT2D eigenvalue weighted by atomic mass is 10.0. The second-order valence-corrected chi connectivity index (χ2v) is 6.49. The van der Waals surface area contributed by atoms with Crippen LogP contribution < -0.4 is 10.9 Å². The van der Waals surface area contributed by atoms with Crippen LogP contribution in [0.5, 0.6) is 0 Å². The second-order valence-electron chi connectivity index (χ2n) is 6.49. The van der Waals surface area contributed by atoms with E-state index in [9.17, 15) is 9.50 Å². The molecule has 28 heavy (non-hydrogen) atoms. The summed E-state index contributed by atoms with van der Waals surface area (Å²) in [5, 5.41) is 15.4. The predicted molar refractivity (Wildman–Crippen MR) is 106 cm³/mol. The number of nitrogens with zero attached hydrogens (tertiary/aromatic N) is 3. The summed E-state index contributed by atoms with van der Waals surface area (Å²) in [7, 11) is 0. The number of aromatic amines is 1. The van der Waals surface area contributed by atoms with Crippen molar-refractivity contribution in [2.75, 3.05) is 5.43 Å². The number of para-hydroxylation sites is 2. The molecule has 0 spiro atoms. The Labute approximate surface area is 159 Å². The third kappa shape index (κ3) is 2.42. The number of hydrogen-bond donors (Lipinski definition) is 4. The van der Waals surface area contributed by atoms with Gasteiger partial charge in [0.15, 0.2) is 17.3 Å². The lowest BCUT2D eigenvalue weighted by molar-refractivity contribution is 0.453. The summed E-state index contributed by atoms with van der Waals surface area (Å²) < 4.78 is 14.8. The van der Waals surface area contributed by atoms with E-state index in [1.165, 1.54) is 16.8 Å². The summed E-state index contributed by atoms with van der Waals surface area (Å²) in [6, 6.07) is 13.8. The summed E-state index contributed by atoms with van der Waals surface area (Å²) in [5.74, 6) is 0.703. The van der Waals surface area contributed by atoms with Crippen LogP contribution in [-0.4, -0.2) is 24.9 Å². The molecule has 0 saturated carbocycles. The molecule has 0 aliphatic carbocycles. The van der Waals surface area contributed by atoms with E-state index in [1.807, 2.05) is 31.2 Å². The van der Waals surface area contributed by atoms with Crippen molar-refractivity contribution < 1.29 is 9.50 Å². The van der Waals surface area contributed by atoms with Crippen molar-refractivity contribution in [2.24, 2.45) is 0 Å². The highest BCUT2D eigenvalue weighted by Crippen LogP contribution is 2.36. The van der Waals surface area contributed by atoms with Gasteiger partial charge in [0, 0.05) is 5.56 Å². The number of rotatable bonds is 3. The highest BCUT2D eigenvalue weighted by molar-refractivity contribution is 5.88. The Balaban J connectivity index is 1.66. The van der Waals surface area contributed by atoms with Gasteiger partial charge < -0.3 is 10.1 Å². The van der Waals surface area contributed by atoms with Gasteiger partial charge in [0.25, 0.3) is 0 Å². The molecule has 2 aromatic carbocycles. The molecule has 7 nitrogen and oxygen atoms in total. The molecule has 2 aromatic heterocycles. The minimum atomic E-state index is -0.302. The largest absolute Gasteiger partial charge is 0.492 e. The number of hydrogen-bond acceptors (Lipinski definition) is 5. The normalized spacial score (nSPS) is 13.4. The summed E-state index contributed by atoms with van der Waals surface area (Å²) in [6.45, 7) is 1.98. The summed E-state index contributed by atoms with van der Waals surface area (Å²) in [6.07, 6.45) is 0.654. The highest BCUT2D eigenvalue weighted by atomic mass is 19.1. The summed E-state index contributed by atoms with van der Waals surface area (Å²) >= 11 is 0. The molecule has 4 aromatic rings. The lowest BCUT2D eigenvalue weighted by Gasteiger charge is -2.21. The Kier molecular flexibility index (Phi) is 3.58. The van der Waals surface area contributed by atoms with Gasteiger partial charge >= 0.3 is 0 Å². The monoisotopic (exact) mass is 376 g/mol. The smallest absolute Gasteiger partial charge is 0.243 e. The fraction of sp³-hybridized carbons (Fsp3) is 0.100. The first-order chi connectivity index (χ1) is 13.7. The molecule has 1 aliphatic rings. The molecular weight excluding hydrogens is 359 g/mol. The van der Waals surface area contributed by atoms with Crippen LogP contribution in [0.1, 0.15) is 18.4 Å². The van der Waals surface area contributed by atoms with E-state index < -0.39 is 0 Å². The number of aryl methyl sites for hydroxylation is 1. The third-order valence-corrected chi connectivity index (χ3v) is 4.78. The molecule has 3 heterocycles. The first-order valence-electron chi connectivity index (χ1n) is 8.94. The third-order valence-electron chi connectivity index (χ3n) is 4.78. The minimum absolute atomic E-state index is 0.0733. The number of hydrazine groups is 1. The van der Waals surface area contributed by atoms with Crippen LogP contribution in [0.15, 0.2) is 48.5 Å². The standard InChI is InChI=1S/C20H17FN6O/c1-2-13-16(11-7-9-12(21)10-8-11)19-25-24-17(20(28)27(19)26-13)18-22-14-5-3-4-6-15(14)23-18/h3-10,24-25,28H,2H2,1H3,(H,22,23). The number of nitrogens with one attached hydrogen (secondary N) is 3. The molecule has 140 valence electrons. The topological polar surface area (TPSA) is 90.8 Å². The molecule has 4 N–H and O–H groups in total. The minimum Gasteiger partial charge on any atom is -0.492 e. The van der Waals surface area contributed by atoms with Crippen LogP contribution in [0.2, 0.25) is 0 Å². The van der Waals surface area contributed by atoms with E-state index >= 15 is 0 Å². The molecule has 0 fully saturated rings. The molecule has 0 radical (unpaired) electrons. The van der Waals surface area contributed by atoms with Crippen molar-refractivity contribution in [1.82, 2.24) is 25.2 Å². The van der Waals surface area contributed by atoms with E-state index in [2.05, 4.69) is 25.9 Å². The van der Waals surface area contributed by atoms with E-state index in [0.29, 0.717) is 23.8 Å². The van der Waals surface area contributed by atoms with Crippen LogP contribution in [0, 0.1) is 5.82 Å². The maximum absolute atomic E-state index is 13.3. The van der Waals surface area contributed by atoms with Gasteiger partial charge in [-0.05, 0) is 36.2 Å². The van der Waals surface area contributed by atoms with Gasteiger partial charge in [-0.3, -0.25) is 10.9 Å². The van der Waals surface area contributed by atoms with Gasteiger partial charge in [-0.15, -0.1) is 0 Å². The summed E-state index contributed by atoms with van der Waals surface area (Å²) in [5.41, 5.74) is 10.6. The van der Waals surface area contributed by atoms with Crippen LogP contribution >= 0.6 is 0 Å². The van der Waals surface area contributed by atoms with E-state index in [0.717, 1.165) is 27.9 Å². The van der Waals surface area contributed by atoms with E-state index in [-0.39, 0.29) is 11.7 Å². The van der Waals surface area contributed by atoms with Gasteiger partial charge in [0.2, 0.25) is 5.88 Å². The SMILES string of the molecule is CCc1nn2c(c1-c1ccc(F)cc1)NNC(c1nc3ccccc3[nH]1)=C2O. The quantitative estimate of drug-likeness (QED) is 0.435. The number of anilines is 1. The maximum atomic E-state index is 13.3. The van der Waals surface area contributed by atoms with Crippen molar-refractivity contribution in [1.29, 1.82) is 0 Å². The van der Waals surface area contributed by atoms with Gasteiger partial charge in [0.05, 0.1) is 16.7 Å². The van der Waals surface area contributed by atoms with E-state index in [4.69, 9.17) is 0 Å². The van der Waals surface area contributed by atoms with Crippen LogP contribution in [0.25, 0.3) is 33.7 Å². The zero-order valence-electron chi connectivity index (χ0n) is 15.0. The van der Waals surface area contributed by atoms with Crippen molar-refractivity contribution in [2.45, 2.75) is 13.3 Å². The van der Waals surface area contributed by atoms with Gasteiger partial charge in [-0.1, -0.05) is 31.2 Å². The Bertz CT molecular complexity index is 1190. The number of aliphatic hydroxyl groups excluding tert-OH is 1. The van der Waals surface area contributed by atoms with Crippen molar-refractivity contribution in [3.8, 4) is 11.1 Å². The first kappa shape index (κ1) is 16.4. The van der Waals surface area contributed by atoms with Crippen LogP contribution in [0.3, 0.4) is 0 Å². The molecule has 0 bridgehead atoms. The van der Waals surface area contributed by atoms with Crippen molar-refractivity contribution >= 4 is 28.4 Å². The number of imidazole rings is 1.